The Morgan fingerprint density at radius 2 is 1.85 bits per heavy atom. The first-order valence-corrected chi connectivity index (χ1v) is 13.0. The third-order valence-electron chi connectivity index (χ3n) is 5.77. The molecule has 0 bridgehead atoms. The lowest BCUT2D eigenvalue weighted by Gasteiger charge is -2.11. The zero-order chi connectivity index (χ0) is 23.2. The van der Waals surface area contributed by atoms with Gasteiger partial charge in [-0.2, -0.15) is 5.10 Å². The van der Waals surface area contributed by atoms with E-state index in [-0.39, 0.29) is 15.9 Å². The van der Waals surface area contributed by atoms with Crippen LogP contribution in [0, 0.1) is 13.8 Å². The molecule has 10 heteroatoms. The summed E-state index contributed by atoms with van der Waals surface area (Å²) in [7, 11) is -3.74. The van der Waals surface area contributed by atoms with Gasteiger partial charge in [0.2, 0.25) is 0 Å². The highest BCUT2D eigenvalue weighted by Gasteiger charge is 2.22. The normalized spacial score (nSPS) is 13.6. The van der Waals surface area contributed by atoms with Crippen molar-refractivity contribution in [3.63, 3.8) is 0 Å². The molecule has 0 unspecified atom stereocenters. The standard InChI is InChI=1S/C23H23N5O3S2/c1-13-7-9-16(10-8-13)33(30,31)28-23-25-20-14(2)11-15(12-19(20)32-23)24-22(29)21-17-5-3-4-6-18(17)26-27-21/h7-12H,3-6H2,1-2H3,(H,24,29)(H,25,28)(H,26,27). The van der Waals surface area contributed by atoms with Crippen molar-refractivity contribution in [1.82, 2.24) is 15.2 Å². The van der Waals surface area contributed by atoms with E-state index in [1.54, 1.807) is 30.3 Å². The lowest BCUT2D eigenvalue weighted by atomic mass is 9.96. The summed E-state index contributed by atoms with van der Waals surface area (Å²) in [6, 6.07) is 10.3. The number of fused-ring (bicyclic) bond motifs is 2. The molecular formula is C23H23N5O3S2. The van der Waals surface area contributed by atoms with Crippen LogP contribution in [-0.4, -0.2) is 29.5 Å². The highest BCUT2D eigenvalue weighted by Crippen LogP contribution is 2.33. The zero-order valence-corrected chi connectivity index (χ0v) is 19.9. The van der Waals surface area contributed by atoms with Gasteiger partial charge in [-0.1, -0.05) is 29.0 Å². The second-order valence-electron chi connectivity index (χ2n) is 8.27. The number of H-pyrrole nitrogens is 1. The van der Waals surface area contributed by atoms with Crippen LogP contribution in [0.3, 0.4) is 0 Å². The summed E-state index contributed by atoms with van der Waals surface area (Å²) >= 11 is 1.22. The SMILES string of the molecule is Cc1ccc(S(=O)(=O)Nc2nc3c(C)cc(NC(=O)c4n[nH]c5c4CCCC5)cc3s2)cc1. The van der Waals surface area contributed by atoms with Crippen molar-refractivity contribution in [2.24, 2.45) is 0 Å². The maximum Gasteiger partial charge on any atom is 0.276 e. The number of carbonyl (C=O) groups is 1. The molecule has 0 spiro atoms. The number of hydrogen-bond donors (Lipinski definition) is 3. The molecular weight excluding hydrogens is 458 g/mol. The van der Waals surface area contributed by atoms with Gasteiger partial charge in [-0.3, -0.25) is 14.6 Å². The van der Waals surface area contributed by atoms with Gasteiger partial charge in [0, 0.05) is 16.9 Å². The molecule has 4 aromatic rings. The second-order valence-corrected chi connectivity index (χ2v) is 11.0. The molecule has 1 aliphatic rings. The Bertz CT molecular complexity index is 1470. The molecule has 0 saturated heterocycles. The van der Waals surface area contributed by atoms with Gasteiger partial charge in [0.1, 0.15) is 0 Å². The average molecular weight is 482 g/mol. The van der Waals surface area contributed by atoms with Gasteiger partial charge in [-0.15, -0.1) is 0 Å². The van der Waals surface area contributed by atoms with Crippen LogP contribution in [0.5, 0.6) is 0 Å². The van der Waals surface area contributed by atoms with E-state index < -0.39 is 10.0 Å². The Morgan fingerprint density at radius 1 is 1.09 bits per heavy atom. The van der Waals surface area contributed by atoms with E-state index in [9.17, 15) is 13.2 Å². The van der Waals surface area contributed by atoms with Crippen molar-refractivity contribution in [2.75, 3.05) is 10.0 Å². The monoisotopic (exact) mass is 481 g/mol. The molecule has 2 aromatic heterocycles. The van der Waals surface area contributed by atoms with Gasteiger partial charge < -0.3 is 5.32 Å². The number of aromatic nitrogens is 3. The molecule has 2 aromatic carbocycles. The van der Waals surface area contributed by atoms with Crippen molar-refractivity contribution >= 4 is 48.3 Å². The minimum atomic E-state index is -3.74. The topological polar surface area (TPSA) is 117 Å². The Kier molecular flexibility index (Phi) is 5.41. The first kappa shape index (κ1) is 21.6. The minimum absolute atomic E-state index is 0.180. The first-order chi connectivity index (χ1) is 15.8. The lowest BCUT2D eigenvalue weighted by molar-refractivity contribution is 0.102. The summed E-state index contributed by atoms with van der Waals surface area (Å²) < 4.78 is 28.8. The average Bonchev–Trinajstić information content (AvgIpc) is 3.38. The molecule has 1 aliphatic carbocycles. The van der Waals surface area contributed by atoms with Crippen molar-refractivity contribution in [3.8, 4) is 0 Å². The minimum Gasteiger partial charge on any atom is -0.321 e. The molecule has 8 nitrogen and oxygen atoms in total. The molecule has 2 heterocycles. The Labute approximate surface area is 195 Å². The first-order valence-electron chi connectivity index (χ1n) is 10.7. The number of nitrogens with zero attached hydrogens (tertiary/aromatic N) is 2. The largest absolute Gasteiger partial charge is 0.321 e. The molecule has 33 heavy (non-hydrogen) atoms. The number of amides is 1. The number of hydrogen-bond acceptors (Lipinski definition) is 6. The fourth-order valence-corrected chi connectivity index (χ4v) is 6.28. The van der Waals surface area contributed by atoms with Crippen molar-refractivity contribution < 1.29 is 13.2 Å². The molecule has 0 atom stereocenters. The third kappa shape index (κ3) is 4.23. The van der Waals surface area contributed by atoms with Crippen LogP contribution in [0.15, 0.2) is 41.3 Å². The number of aromatic amines is 1. The molecule has 0 saturated carbocycles. The van der Waals surface area contributed by atoms with E-state index in [2.05, 4.69) is 25.2 Å². The van der Waals surface area contributed by atoms with Crippen LogP contribution >= 0.6 is 11.3 Å². The predicted molar refractivity (Wildman–Crippen MR) is 130 cm³/mol. The molecule has 0 fully saturated rings. The van der Waals surface area contributed by atoms with Crippen molar-refractivity contribution in [2.45, 2.75) is 44.4 Å². The number of nitrogens with one attached hydrogen (secondary N) is 3. The van der Waals surface area contributed by atoms with E-state index in [4.69, 9.17) is 0 Å². The van der Waals surface area contributed by atoms with Crippen LogP contribution in [0.4, 0.5) is 10.8 Å². The van der Waals surface area contributed by atoms with E-state index in [1.807, 2.05) is 19.9 Å². The Balaban J connectivity index is 1.40. The van der Waals surface area contributed by atoms with Gasteiger partial charge in [0.15, 0.2) is 10.8 Å². The quantitative estimate of drug-likeness (QED) is 0.386. The summed E-state index contributed by atoms with van der Waals surface area (Å²) in [4.78, 5) is 17.5. The molecule has 0 radical (unpaired) electrons. The highest BCUT2D eigenvalue weighted by molar-refractivity contribution is 7.93. The van der Waals surface area contributed by atoms with Crippen LogP contribution in [0.25, 0.3) is 10.2 Å². The molecule has 1 amide bonds. The van der Waals surface area contributed by atoms with Gasteiger partial charge in [0.05, 0.1) is 15.1 Å². The van der Waals surface area contributed by atoms with Crippen LogP contribution in [0.2, 0.25) is 0 Å². The van der Waals surface area contributed by atoms with E-state index in [0.717, 1.165) is 52.8 Å². The van der Waals surface area contributed by atoms with Gasteiger partial charge in [-0.25, -0.2) is 13.4 Å². The predicted octanol–water partition coefficient (Wildman–Crippen LogP) is 4.57. The smallest absolute Gasteiger partial charge is 0.276 e. The summed E-state index contributed by atoms with van der Waals surface area (Å²) in [5.74, 6) is -0.252. The van der Waals surface area contributed by atoms with E-state index in [0.29, 0.717) is 16.9 Å². The number of benzene rings is 2. The van der Waals surface area contributed by atoms with Gasteiger partial charge in [-0.05, 0) is 69.4 Å². The third-order valence-corrected chi connectivity index (χ3v) is 8.17. The Morgan fingerprint density at radius 3 is 2.64 bits per heavy atom. The lowest BCUT2D eigenvalue weighted by Crippen LogP contribution is -2.15. The van der Waals surface area contributed by atoms with Crippen LogP contribution in [-0.2, 0) is 22.9 Å². The Hall–Kier alpha value is -3.24. The molecule has 170 valence electrons. The number of anilines is 2. The van der Waals surface area contributed by atoms with E-state index in [1.165, 1.54) is 11.3 Å². The maximum atomic E-state index is 12.9. The fraction of sp³-hybridized carbons (Fsp3) is 0.261. The zero-order valence-electron chi connectivity index (χ0n) is 18.2. The molecule has 5 rings (SSSR count). The number of carbonyl (C=O) groups excluding carboxylic acids is 1. The van der Waals surface area contributed by atoms with Crippen LogP contribution in [0.1, 0.15) is 45.7 Å². The summed E-state index contributed by atoms with van der Waals surface area (Å²) in [5.41, 5.74) is 5.62. The summed E-state index contributed by atoms with van der Waals surface area (Å²) in [5, 5.41) is 10.4. The summed E-state index contributed by atoms with van der Waals surface area (Å²) in [6.45, 7) is 3.78. The van der Waals surface area contributed by atoms with Crippen molar-refractivity contribution in [1.29, 1.82) is 0 Å². The number of thiazole rings is 1. The van der Waals surface area contributed by atoms with E-state index >= 15 is 0 Å². The van der Waals surface area contributed by atoms with Gasteiger partial charge in [0.25, 0.3) is 15.9 Å². The van der Waals surface area contributed by atoms with Crippen LogP contribution < -0.4 is 10.0 Å². The highest BCUT2D eigenvalue weighted by atomic mass is 32.2. The number of sulfonamides is 1. The summed E-state index contributed by atoms with van der Waals surface area (Å²) in [6.07, 6.45) is 3.93. The number of rotatable bonds is 5. The molecule has 0 aliphatic heterocycles. The number of aryl methyl sites for hydroxylation is 3. The fourth-order valence-electron chi connectivity index (χ4n) is 4.06. The van der Waals surface area contributed by atoms with Gasteiger partial charge >= 0.3 is 0 Å². The van der Waals surface area contributed by atoms with Crippen molar-refractivity contribution in [3.05, 3.63) is 64.5 Å². The maximum absolute atomic E-state index is 12.9. The second kappa shape index (κ2) is 8.27. The molecule has 3 N–H and O–H groups in total.